The van der Waals surface area contributed by atoms with Gasteiger partial charge in [-0.05, 0) is 12.1 Å². The van der Waals surface area contributed by atoms with E-state index in [9.17, 15) is 8.42 Å². The Morgan fingerprint density at radius 3 is 2.54 bits per heavy atom. The van der Waals surface area contributed by atoms with Gasteiger partial charge in [0.2, 0.25) is 10.0 Å². The molecule has 0 saturated heterocycles. The second-order valence-corrected chi connectivity index (χ2v) is 5.74. The maximum absolute atomic E-state index is 11.1. The molecule has 0 aliphatic heterocycles. The molecule has 0 saturated carbocycles. The van der Waals surface area contributed by atoms with Crippen molar-refractivity contribution in [3.63, 3.8) is 0 Å². The first-order valence-corrected chi connectivity index (χ1v) is 6.51. The van der Waals surface area contributed by atoms with Crippen LogP contribution in [0.4, 0.5) is 5.69 Å². The highest BCUT2D eigenvalue weighted by atomic mass is 79.9. The third-order valence-electron chi connectivity index (χ3n) is 1.28. The molecule has 0 bridgehead atoms. The fourth-order valence-corrected chi connectivity index (χ4v) is 1.89. The average Bonchev–Trinajstić information content (AvgIpc) is 2.09. The Kier molecular flexibility index (Phi) is 3.58. The molecule has 0 aliphatic rings. The Bertz CT molecular complexity index is 393. The van der Waals surface area contributed by atoms with Crippen molar-refractivity contribution in [3.05, 3.63) is 29.3 Å². The van der Waals surface area contributed by atoms with E-state index in [4.69, 9.17) is 11.6 Å². The number of alkyl halides is 1. The minimum Gasteiger partial charge on any atom is -0.281 e. The van der Waals surface area contributed by atoms with Gasteiger partial charge in [0.1, 0.15) is 4.66 Å². The SMILES string of the molecule is O=S(=O)(CBr)Nc1ccccc1Cl. The van der Waals surface area contributed by atoms with Gasteiger partial charge in [0.05, 0.1) is 10.7 Å². The van der Waals surface area contributed by atoms with Gasteiger partial charge in [-0.15, -0.1) is 0 Å². The molecule has 1 aromatic carbocycles. The van der Waals surface area contributed by atoms with Crippen molar-refractivity contribution < 1.29 is 8.42 Å². The number of hydrogen-bond donors (Lipinski definition) is 1. The summed E-state index contributed by atoms with van der Waals surface area (Å²) in [7, 11) is -3.31. The van der Waals surface area contributed by atoms with Gasteiger partial charge in [0.25, 0.3) is 0 Å². The highest BCUT2D eigenvalue weighted by Crippen LogP contribution is 2.21. The topological polar surface area (TPSA) is 46.2 Å². The second kappa shape index (κ2) is 4.30. The molecule has 0 unspecified atom stereocenters. The molecule has 0 radical (unpaired) electrons. The highest BCUT2D eigenvalue weighted by molar-refractivity contribution is 9.10. The van der Waals surface area contributed by atoms with E-state index in [2.05, 4.69) is 20.7 Å². The fourth-order valence-electron chi connectivity index (χ4n) is 0.739. The molecule has 0 aromatic heterocycles. The van der Waals surface area contributed by atoms with Crippen LogP contribution in [0.5, 0.6) is 0 Å². The maximum Gasteiger partial charge on any atom is 0.242 e. The third-order valence-corrected chi connectivity index (χ3v) is 4.24. The molecule has 0 fully saturated rings. The molecule has 0 atom stereocenters. The maximum atomic E-state index is 11.1. The van der Waals surface area contributed by atoms with Crippen LogP contribution in [0.3, 0.4) is 0 Å². The molecule has 3 nitrogen and oxygen atoms in total. The van der Waals surface area contributed by atoms with E-state index in [-0.39, 0.29) is 4.66 Å². The Morgan fingerprint density at radius 1 is 1.38 bits per heavy atom. The molecule has 72 valence electrons. The van der Waals surface area contributed by atoms with Crippen molar-refractivity contribution in [3.8, 4) is 0 Å². The fraction of sp³-hybridized carbons (Fsp3) is 0.143. The lowest BCUT2D eigenvalue weighted by atomic mass is 10.3. The first-order chi connectivity index (χ1) is 6.05. The lowest BCUT2D eigenvalue weighted by Crippen LogP contribution is -2.13. The van der Waals surface area contributed by atoms with Gasteiger partial charge in [-0.25, -0.2) is 8.42 Å². The Hall–Kier alpha value is -0.260. The van der Waals surface area contributed by atoms with Crippen LogP contribution in [0.25, 0.3) is 0 Å². The van der Waals surface area contributed by atoms with Crippen LogP contribution < -0.4 is 4.72 Å². The number of hydrogen-bond acceptors (Lipinski definition) is 2. The molecule has 1 N–H and O–H groups in total. The van der Waals surface area contributed by atoms with E-state index in [0.717, 1.165) is 0 Å². The number of halogens is 2. The largest absolute Gasteiger partial charge is 0.281 e. The summed E-state index contributed by atoms with van der Waals surface area (Å²) in [6, 6.07) is 6.66. The van der Waals surface area contributed by atoms with Gasteiger partial charge < -0.3 is 0 Å². The van der Waals surface area contributed by atoms with E-state index >= 15 is 0 Å². The number of nitrogens with one attached hydrogen (secondary N) is 1. The van der Waals surface area contributed by atoms with Crippen molar-refractivity contribution in [1.29, 1.82) is 0 Å². The minimum atomic E-state index is -3.31. The second-order valence-electron chi connectivity index (χ2n) is 2.31. The number of benzene rings is 1. The van der Waals surface area contributed by atoms with Crippen LogP contribution >= 0.6 is 27.5 Å². The lowest BCUT2D eigenvalue weighted by molar-refractivity contribution is 0.606. The summed E-state index contributed by atoms with van der Waals surface area (Å²) in [6.07, 6.45) is 0. The molecule has 0 aliphatic carbocycles. The third kappa shape index (κ3) is 3.17. The summed E-state index contributed by atoms with van der Waals surface area (Å²) in [6.45, 7) is 0. The zero-order chi connectivity index (χ0) is 9.90. The Balaban J connectivity index is 2.93. The molecule has 0 amide bonds. The Labute approximate surface area is 90.3 Å². The van der Waals surface area contributed by atoms with E-state index in [1.807, 2.05) is 0 Å². The molecular weight excluding hydrogens is 278 g/mol. The van der Waals surface area contributed by atoms with Crippen LogP contribution in [0.2, 0.25) is 5.02 Å². The van der Waals surface area contributed by atoms with E-state index in [1.165, 1.54) is 0 Å². The van der Waals surface area contributed by atoms with Gasteiger partial charge in [-0.3, -0.25) is 4.72 Å². The zero-order valence-corrected chi connectivity index (χ0v) is 9.66. The lowest BCUT2D eigenvalue weighted by Gasteiger charge is -2.06. The summed E-state index contributed by atoms with van der Waals surface area (Å²) in [4.78, 5) is 0. The predicted octanol–water partition coefficient (Wildman–Crippen LogP) is 2.43. The zero-order valence-electron chi connectivity index (χ0n) is 6.50. The van der Waals surface area contributed by atoms with Gasteiger partial charge in [0.15, 0.2) is 0 Å². The molecule has 0 heterocycles. The molecular formula is C7H7BrClNO2S. The molecule has 1 rings (SSSR count). The van der Waals surface area contributed by atoms with E-state index in [1.54, 1.807) is 24.3 Å². The van der Waals surface area contributed by atoms with Crippen molar-refractivity contribution in [1.82, 2.24) is 0 Å². The predicted molar refractivity (Wildman–Crippen MR) is 57.8 cm³/mol. The first kappa shape index (κ1) is 10.8. The number of para-hydroxylation sites is 1. The highest BCUT2D eigenvalue weighted by Gasteiger charge is 2.09. The summed E-state index contributed by atoms with van der Waals surface area (Å²) in [5, 5.41) is 0.382. The van der Waals surface area contributed by atoms with Gasteiger partial charge in [-0.1, -0.05) is 39.7 Å². The first-order valence-electron chi connectivity index (χ1n) is 3.36. The summed E-state index contributed by atoms with van der Waals surface area (Å²) in [5.74, 6) is 0. The van der Waals surface area contributed by atoms with Crippen molar-refractivity contribution >= 4 is 43.2 Å². The van der Waals surface area contributed by atoms with Gasteiger partial charge in [0, 0.05) is 0 Å². The van der Waals surface area contributed by atoms with Crippen molar-refractivity contribution in [2.45, 2.75) is 0 Å². The van der Waals surface area contributed by atoms with Crippen LogP contribution in [0, 0.1) is 0 Å². The number of rotatable bonds is 3. The van der Waals surface area contributed by atoms with E-state index in [0.29, 0.717) is 10.7 Å². The number of anilines is 1. The van der Waals surface area contributed by atoms with E-state index < -0.39 is 10.0 Å². The normalized spacial score (nSPS) is 11.2. The summed E-state index contributed by atoms with van der Waals surface area (Å²) in [5.41, 5.74) is 0.392. The minimum absolute atomic E-state index is 0.148. The molecule has 1 aromatic rings. The smallest absolute Gasteiger partial charge is 0.242 e. The van der Waals surface area contributed by atoms with Gasteiger partial charge in [-0.2, -0.15) is 0 Å². The Morgan fingerprint density at radius 2 is 2.00 bits per heavy atom. The summed E-state index contributed by atoms with van der Waals surface area (Å²) >= 11 is 8.60. The van der Waals surface area contributed by atoms with Crippen LogP contribution in [0.15, 0.2) is 24.3 Å². The van der Waals surface area contributed by atoms with Crippen LogP contribution in [-0.4, -0.2) is 13.1 Å². The van der Waals surface area contributed by atoms with Gasteiger partial charge >= 0.3 is 0 Å². The molecule has 0 spiro atoms. The monoisotopic (exact) mass is 283 g/mol. The molecule has 13 heavy (non-hydrogen) atoms. The quantitative estimate of drug-likeness (QED) is 0.867. The average molecular weight is 285 g/mol. The van der Waals surface area contributed by atoms with Crippen molar-refractivity contribution in [2.24, 2.45) is 0 Å². The number of sulfonamides is 1. The molecule has 6 heteroatoms. The van der Waals surface area contributed by atoms with Crippen molar-refractivity contribution in [2.75, 3.05) is 9.38 Å². The van der Waals surface area contributed by atoms with Crippen LogP contribution in [0.1, 0.15) is 0 Å². The van der Waals surface area contributed by atoms with Crippen LogP contribution in [-0.2, 0) is 10.0 Å². The standard InChI is InChI=1S/C7H7BrClNO2S/c8-5-13(11,12)10-7-4-2-1-3-6(7)9/h1-4,10H,5H2. The summed E-state index contributed by atoms with van der Waals surface area (Å²) < 4.78 is 24.4.